The summed E-state index contributed by atoms with van der Waals surface area (Å²) in [5.74, 6) is 0. The normalized spacial score (nSPS) is 12.1. The smallest absolute Gasteiger partial charge is 0.0413 e. The van der Waals surface area contributed by atoms with E-state index in [0.717, 1.165) is 12.8 Å². The Balaban J connectivity index is 3.54. The van der Waals surface area contributed by atoms with Crippen LogP contribution in [0.5, 0.6) is 0 Å². The molecule has 1 aromatic carbocycles. The summed E-state index contributed by atoms with van der Waals surface area (Å²) in [6, 6.07) is 6.60. The summed E-state index contributed by atoms with van der Waals surface area (Å²) >= 11 is 0. The Morgan fingerprint density at radius 3 is 1.86 bits per heavy atom. The molecule has 0 saturated heterocycles. The van der Waals surface area contributed by atoms with Gasteiger partial charge in [0.15, 0.2) is 0 Å². The lowest BCUT2D eigenvalue weighted by Crippen LogP contribution is -2.53. The van der Waals surface area contributed by atoms with Crippen molar-refractivity contribution in [2.45, 2.75) is 65.5 Å². The summed E-state index contributed by atoms with van der Waals surface area (Å²) in [6.07, 6.45) is 5.76. The Bertz CT molecular complexity index is 484. The first-order valence-electron chi connectivity index (χ1n) is 7.75. The maximum atomic E-state index is 3.94. The number of benzene rings is 1. The van der Waals surface area contributed by atoms with Crippen LogP contribution in [0.25, 0.3) is 0 Å². The van der Waals surface area contributed by atoms with Crippen LogP contribution in [0.1, 0.15) is 52.7 Å². The summed E-state index contributed by atoms with van der Waals surface area (Å²) in [5, 5.41) is 0. The fraction of sp³-hybridized carbons (Fsp3) is 0.500. The van der Waals surface area contributed by atoms with Gasteiger partial charge >= 0.3 is 0 Å². The van der Waals surface area contributed by atoms with Crippen molar-refractivity contribution in [3.63, 3.8) is 0 Å². The molecule has 0 amide bonds. The zero-order valence-corrected chi connectivity index (χ0v) is 14.7. The number of hydrogen-bond acceptors (Lipinski definition) is 1. The lowest BCUT2D eigenvalue weighted by atomic mass is 9.90. The first-order chi connectivity index (χ1) is 9.62. The maximum Gasteiger partial charge on any atom is 0.0413 e. The maximum absolute atomic E-state index is 3.94. The van der Waals surface area contributed by atoms with Gasteiger partial charge in [0.1, 0.15) is 0 Å². The standard InChI is InChI=1S/C20H31N/c1-9-12-16-14-11-15-18(17(16)13-10-2)21(19(3,4)5)20(6,7)8/h9-11,14-15H,1-2,12-13H2,3-8H3. The van der Waals surface area contributed by atoms with Gasteiger partial charge < -0.3 is 4.90 Å². The van der Waals surface area contributed by atoms with E-state index in [1.807, 2.05) is 12.2 Å². The van der Waals surface area contributed by atoms with Crippen molar-refractivity contribution < 1.29 is 0 Å². The van der Waals surface area contributed by atoms with Gasteiger partial charge in [-0.25, -0.2) is 0 Å². The highest BCUT2D eigenvalue weighted by Crippen LogP contribution is 2.36. The highest BCUT2D eigenvalue weighted by molar-refractivity contribution is 5.61. The highest BCUT2D eigenvalue weighted by atomic mass is 15.2. The van der Waals surface area contributed by atoms with E-state index < -0.39 is 0 Å². The number of allylic oxidation sites excluding steroid dienone is 2. The predicted molar refractivity (Wildman–Crippen MR) is 96.2 cm³/mol. The molecule has 1 rings (SSSR count). The molecule has 0 N–H and O–H groups in total. The van der Waals surface area contributed by atoms with Crippen molar-refractivity contribution in [1.29, 1.82) is 0 Å². The third kappa shape index (κ3) is 4.23. The van der Waals surface area contributed by atoms with Crippen LogP contribution in [0, 0.1) is 0 Å². The number of rotatable bonds is 5. The van der Waals surface area contributed by atoms with Crippen molar-refractivity contribution in [3.05, 3.63) is 54.6 Å². The Hall–Kier alpha value is -1.50. The molecule has 0 aromatic heterocycles. The molecule has 0 heterocycles. The molecule has 0 saturated carbocycles. The van der Waals surface area contributed by atoms with Crippen LogP contribution in [-0.4, -0.2) is 11.1 Å². The average molecular weight is 285 g/mol. The minimum atomic E-state index is 0.0565. The zero-order valence-electron chi connectivity index (χ0n) is 14.7. The molecule has 0 atom stereocenters. The van der Waals surface area contributed by atoms with Gasteiger partial charge in [0.05, 0.1) is 0 Å². The number of nitrogens with zero attached hydrogens (tertiary/aromatic N) is 1. The third-order valence-corrected chi connectivity index (χ3v) is 3.54. The van der Waals surface area contributed by atoms with Crippen LogP contribution in [0.3, 0.4) is 0 Å². The van der Waals surface area contributed by atoms with Gasteiger partial charge in [-0.3, -0.25) is 0 Å². The fourth-order valence-corrected chi connectivity index (χ4v) is 3.29. The molecule has 116 valence electrons. The predicted octanol–water partition coefficient (Wildman–Crippen LogP) is 5.55. The van der Waals surface area contributed by atoms with Gasteiger partial charge in [-0.05, 0) is 71.6 Å². The van der Waals surface area contributed by atoms with Crippen molar-refractivity contribution in [2.75, 3.05) is 4.90 Å². The molecular formula is C20H31N. The second-order valence-electron chi connectivity index (χ2n) is 7.58. The van der Waals surface area contributed by atoms with E-state index in [0.29, 0.717) is 0 Å². The highest BCUT2D eigenvalue weighted by Gasteiger charge is 2.33. The summed E-state index contributed by atoms with van der Waals surface area (Å²) in [4.78, 5) is 2.52. The molecular weight excluding hydrogens is 254 g/mol. The fourth-order valence-electron chi connectivity index (χ4n) is 3.29. The molecule has 0 fully saturated rings. The largest absolute Gasteiger partial charge is 0.362 e. The Morgan fingerprint density at radius 1 is 0.905 bits per heavy atom. The minimum absolute atomic E-state index is 0.0565. The van der Waals surface area contributed by atoms with Crippen molar-refractivity contribution >= 4 is 5.69 Å². The topological polar surface area (TPSA) is 3.24 Å². The molecule has 0 bridgehead atoms. The quantitative estimate of drug-likeness (QED) is 0.641. The molecule has 1 aromatic rings. The number of anilines is 1. The van der Waals surface area contributed by atoms with Crippen LogP contribution in [-0.2, 0) is 12.8 Å². The van der Waals surface area contributed by atoms with Gasteiger partial charge in [-0.15, -0.1) is 13.2 Å². The second-order valence-corrected chi connectivity index (χ2v) is 7.58. The molecule has 1 nitrogen and oxygen atoms in total. The average Bonchev–Trinajstić information content (AvgIpc) is 2.30. The van der Waals surface area contributed by atoms with E-state index in [1.54, 1.807) is 0 Å². The van der Waals surface area contributed by atoms with Gasteiger partial charge in [0.25, 0.3) is 0 Å². The summed E-state index contributed by atoms with van der Waals surface area (Å²) in [5.41, 5.74) is 4.15. The summed E-state index contributed by atoms with van der Waals surface area (Å²) < 4.78 is 0. The zero-order chi connectivity index (χ0) is 16.3. The summed E-state index contributed by atoms with van der Waals surface area (Å²) in [7, 11) is 0. The van der Waals surface area contributed by atoms with Crippen LogP contribution in [0.15, 0.2) is 43.5 Å². The van der Waals surface area contributed by atoms with E-state index in [-0.39, 0.29) is 11.1 Å². The van der Waals surface area contributed by atoms with Gasteiger partial charge in [-0.2, -0.15) is 0 Å². The molecule has 0 aliphatic rings. The second kappa shape index (κ2) is 6.51. The minimum Gasteiger partial charge on any atom is -0.362 e. The van der Waals surface area contributed by atoms with E-state index in [4.69, 9.17) is 0 Å². The monoisotopic (exact) mass is 285 g/mol. The van der Waals surface area contributed by atoms with Crippen molar-refractivity contribution in [2.24, 2.45) is 0 Å². The number of hydrogen-bond donors (Lipinski definition) is 0. The SMILES string of the molecule is C=CCc1cccc(N(C(C)(C)C)C(C)(C)C)c1CC=C. The van der Waals surface area contributed by atoms with Crippen LogP contribution < -0.4 is 4.90 Å². The van der Waals surface area contributed by atoms with E-state index in [9.17, 15) is 0 Å². The van der Waals surface area contributed by atoms with E-state index in [2.05, 4.69) is 77.8 Å². The van der Waals surface area contributed by atoms with Gasteiger partial charge in [0, 0.05) is 16.8 Å². The Labute approximate surface area is 131 Å². The molecule has 21 heavy (non-hydrogen) atoms. The van der Waals surface area contributed by atoms with Crippen LogP contribution in [0.4, 0.5) is 5.69 Å². The molecule has 0 aliphatic heterocycles. The lowest BCUT2D eigenvalue weighted by molar-refractivity contribution is 0.380. The van der Waals surface area contributed by atoms with E-state index >= 15 is 0 Å². The van der Waals surface area contributed by atoms with Crippen LogP contribution in [0.2, 0.25) is 0 Å². The summed E-state index contributed by atoms with van der Waals surface area (Å²) in [6.45, 7) is 21.5. The van der Waals surface area contributed by atoms with Crippen molar-refractivity contribution in [3.8, 4) is 0 Å². The molecule has 0 spiro atoms. The third-order valence-electron chi connectivity index (χ3n) is 3.54. The van der Waals surface area contributed by atoms with Gasteiger partial charge in [0.2, 0.25) is 0 Å². The first kappa shape index (κ1) is 17.6. The molecule has 0 radical (unpaired) electrons. The lowest BCUT2D eigenvalue weighted by Gasteiger charge is -2.48. The Kier molecular flexibility index (Phi) is 5.44. The van der Waals surface area contributed by atoms with E-state index in [1.165, 1.54) is 16.8 Å². The van der Waals surface area contributed by atoms with Gasteiger partial charge in [-0.1, -0.05) is 24.3 Å². The Morgan fingerprint density at radius 2 is 1.43 bits per heavy atom. The molecule has 1 heteroatoms. The first-order valence-corrected chi connectivity index (χ1v) is 7.75. The molecule has 0 unspecified atom stereocenters. The van der Waals surface area contributed by atoms with Crippen LogP contribution >= 0.6 is 0 Å². The van der Waals surface area contributed by atoms with Crippen molar-refractivity contribution in [1.82, 2.24) is 0 Å². The molecule has 0 aliphatic carbocycles.